The number of fused-ring (bicyclic) bond motifs is 1. The first-order chi connectivity index (χ1) is 12.2. The largest absolute Gasteiger partial charge is 0.323 e. The highest BCUT2D eigenvalue weighted by Gasteiger charge is 2.29. The van der Waals surface area contributed by atoms with E-state index < -0.39 is 0 Å². The summed E-state index contributed by atoms with van der Waals surface area (Å²) in [6, 6.07) is 17.5. The van der Waals surface area contributed by atoms with E-state index in [1.165, 1.54) is 17.1 Å². The van der Waals surface area contributed by atoms with Gasteiger partial charge in [-0.25, -0.2) is 9.13 Å². The van der Waals surface area contributed by atoms with Crippen molar-refractivity contribution >= 4 is 23.2 Å². The van der Waals surface area contributed by atoms with Gasteiger partial charge in [0.1, 0.15) is 6.20 Å². The van der Waals surface area contributed by atoms with Crippen LogP contribution in [0.4, 0.5) is 5.69 Å². The van der Waals surface area contributed by atoms with E-state index in [0.29, 0.717) is 11.6 Å². The van der Waals surface area contributed by atoms with Gasteiger partial charge in [0.05, 0.1) is 13.0 Å². The minimum absolute atomic E-state index is 0.0489. The van der Waals surface area contributed by atoms with Gasteiger partial charge in [0.2, 0.25) is 0 Å². The van der Waals surface area contributed by atoms with Gasteiger partial charge in [0.15, 0.2) is 12.2 Å². The molecule has 4 rings (SSSR count). The van der Waals surface area contributed by atoms with Crippen LogP contribution in [0.15, 0.2) is 60.8 Å². The number of hydrogen-bond acceptors (Lipinski definition) is 1. The number of rotatable bonds is 4. The summed E-state index contributed by atoms with van der Waals surface area (Å²) in [5.74, 6) is 1.16. The number of benzene rings is 2. The summed E-state index contributed by atoms with van der Waals surface area (Å²) in [6.45, 7) is 1.30. The molecule has 3 aromatic rings. The van der Waals surface area contributed by atoms with Gasteiger partial charge in [-0.2, -0.15) is 0 Å². The predicted molar refractivity (Wildman–Crippen MR) is 98.5 cm³/mol. The summed E-state index contributed by atoms with van der Waals surface area (Å²) in [4.78, 5) is 12.5. The highest BCUT2D eigenvalue weighted by molar-refractivity contribution is 6.30. The summed E-state index contributed by atoms with van der Waals surface area (Å²) in [5.41, 5.74) is 3.07. The molecule has 0 atom stereocenters. The Labute approximate surface area is 151 Å². The average Bonchev–Trinajstić information content (AvgIpc) is 3.19. The Morgan fingerprint density at radius 2 is 2.00 bits per heavy atom. The van der Waals surface area contributed by atoms with Crippen LogP contribution in [0.5, 0.6) is 0 Å². The quantitative estimate of drug-likeness (QED) is 0.715. The highest BCUT2D eigenvalue weighted by atomic mass is 35.5. The maximum atomic E-state index is 12.5. The van der Waals surface area contributed by atoms with Crippen molar-refractivity contribution in [3.8, 4) is 11.3 Å². The molecule has 0 saturated heterocycles. The third-order valence-corrected chi connectivity index (χ3v) is 4.72. The molecular weight excluding hydrogens is 334 g/mol. The van der Waals surface area contributed by atoms with E-state index in [-0.39, 0.29) is 5.91 Å². The Kier molecular flexibility index (Phi) is 4.28. The number of amides is 1. The van der Waals surface area contributed by atoms with Crippen molar-refractivity contribution in [1.29, 1.82) is 0 Å². The summed E-state index contributed by atoms with van der Waals surface area (Å²) >= 11 is 5.98. The molecule has 0 aliphatic carbocycles. The molecule has 0 bridgehead atoms. The fraction of sp³-hybridized carbons (Fsp3) is 0.200. The van der Waals surface area contributed by atoms with E-state index in [4.69, 9.17) is 11.6 Å². The normalized spacial score (nSPS) is 12.8. The summed E-state index contributed by atoms with van der Waals surface area (Å²) in [7, 11) is 0. The fourth-order valence-corrected chi connectivity index (χ4v) is 3.60. The molecule has 0 spiro atoms. The lowest BCUT2D eigenvalue weighted by Crippen LogP contribution is -2.42. The molecule has 5 heteroatoms. The van der Waals surface area contributed by atoms with Crippen molar-refractivity contribution in [1.82, 2.24) is 4.57 Å². The lowest BCUT2D eigenvalue weighted by Gasteiger charge is -2.04. The van der Waals surface area contributed by atoms with Gasteiger partial charge in [-0.15, -0.1) is 0 Å². The fourth-order valence-electron chi connectivity index (χ4n) is 3.41. The Balaban J connectivity index is 1.58. The van der Waals surface area contributed by atoms with E-state index in [1.54, 1.807) is 12.1 Å². The Bertz CT molecular complexity index is 918. The van der Waals surface area contributed by atoms with Gasteiger partial charge >= 0.3 is 0 Å². The number of anilines is 1. The molecule has 25 heavy (non-hydrogen) atoms. The van der Waals surface area contributed by atoms with E-state index in [1.807, 2.05) is 30.3 Å². The molecule has 2 heterocycles. The minimum Gasteiger partial charge on any atom is -0.323 e. The number of hydrogen-bond donors (Lipinski definition) is 1. The standard InChI is InChI=1S/C20H18ClN3O/c21-16-8-4-9-17(12-16)22-19(25)14-23-13-18(15-6-2-1-3-7-15)24-11-5-10-20(23)24/h1-4,6-9,12-13H,5,10-11,14H2/p+1. The minimum atomic E-state index is -0.0489. The molecule has 126 valence electrons. The summed E-state index contributed by atoms with van der Waals surface area (Å²) in [6.07, 6.45) is 4.20. The van der Waals surface area contributed by atoms with Crippen LogP contribution in [-0.2, 0) is 24.3 Å². The Hall–Kier alpha value is -2.59. The Morgan fingerprint density at radius 3 is 2.80 bits per heavy atom. The molecule has 1 N–H and O–H groups in total. The molecule has 0 radical (unpaired) electrons. The van der Waals surface area contributed by atoms with Crippen LogP contribution >= 0.6 is 11.6 Å². The second-order valence-electron chi connectivity index (χ2n) is 6.24. The maximum Gasteiger partial charge on any atom is 0.266 e. The van der Waals surface area contributed by atoms with Crippen molar-refractivity contribution in [2.75, 3.05) is 5.32 Å². The molecule has 1 aromatic heterocycles. The SMILES string of the molecule is O=C(C[n+]1cc(-c2ccccc2)n2c1CCC2)Nc1cccc(Cl)c1. The van der Waals surface area contributed by atoms with Crippen LogP contribution in [0, 0.1) is 0 Å². The average molecular weight is 353 g/mol. The van der Waals surface area contributed by atoms with E-state index in [9.17, 15) is 4.79 Å². The molecule has 1 amide bonds. The van der Waals surface area contributed by atoms with Gasteiger partial charge in [0.25, 0.3) is 11.7 Å². The summed E-state index contributed by atoms with van der Waals surface area (Å²) in [5, 5.41) is 3.53. The third kappa shape index (κ3) is 3.30. The lowest BCUT2D eigenvalue weighted by atomic mass is 10.2. The number of nitrogens with zero attached hydrogens (tertiary/aromatic N) is 2. The van der Waals surface area contributed by atoms with Crippen LogP contribution in [0.2, 0.25) is 5.02 Å². The smallest absolute Gasteiger partial charge is 0.266 e. The van der Waals surface area contributed by atoms with Crippen LogP contribution in [0.25, 0.3) is 11.3 Å². The topological polar surface area (TPSA) is 37.9 Å². The number of imidazole rings is 1. The van der Waals surface area contributed by atoms with Crippen molar-refractivity contribution in [3.05, 3.63) is 71.6 Å². The van der Waals surface area contributed by atoms with Crippen molar-refractivity contribution in [2.45, 2.75) is 25.9 Å². The lowest BCUT2D eigenvalue weighted by molar-refractivity contribution is -0.690. The summed E-state index contributed by atoms with van der Waals surface area (Å²) < 4.78 is 4.39. The molecule has 0 saturated carbocycles. The van der Waals surface area contributed by atoms with Gasteiger partial charge in [-0.1, -0.05) is 48.0 Å². The third-order valence-electron chi connectivity index (χ3n) is 4.49. The first-order valence-electron chi connectivity index (χ1n) is 8.43. The number of nitrogens with one attached hydrogen (secondary N) is 1. The first-order valence-corrected chi connectivity index (χ1v) is 8.81. The predicted octanol–water partition coefficient (Wildman–Crippen LogP) is 3.68. The monoisotopic (exact) mass is 352 g/mol. The van der Waals surface area contributed by atoms with Crippen LogP contribution in [0.1, 0.15) is 12.2 Å². The van der Waals surface area contributed by atoms with Gasteiger partial charge in [-0.3, -0.25) is 4.79 Å². The first kappa shape index (κ1) is 15.9. The maximum absolute atomic E-state index is 12.5. The van der Waals surface area contributed by atoms with Crippen molar-refractivity contribution in [2.24, 2.45) is 0 Å². The van der Waals surface area contributed by atoms with Crippen molar-refractivity contribution < 1.29 is 9.36 Å². The highest BCUT2D eigenvalue weighted by Crippen LogP contribution is 2.24. The molecule has 4 nitrogen and oxygen atoms in total. The zero-order valence-corrected chi connectivity index (χ0v) is 14.5. The zero-order valence-electron chi connectivity index (χ0n) is 13.8. The van der Waals surface area contributed by atoms with Gasteiger partial charge < -0.3 is 5.32 Å². The molecule has 1 aliphatic rings. The molecule has 1 aliphatic heterocycles. The van der Waals surface area contributed by atoms with E-state index in [2.05, 4.69) is 32.8 Å². The second-order valence-corrected chi connectivity index (χ2v) is 6.67. The zero-order chi connectivity index (χ0) is 17.2. The number of carbonyl (C=O) groups is 1. The van der Waals surface area contributed by atoms with Gasteiger partial charge in [-0.05, 0) is 24.6 Å². The van der Waals surface area contributed by atoms with Crippen LogP contribution in [0.3, 0.4) is 0 Å². The Morgan fingerprint density at radius 1 is 1.16 bits per heavy atom. The van der Waals surface area contributed by atoms with Crippen molar-refractivity contribution in [3.63, 3.8) is 0 Å². The number of halogens is 1. The second kappa shape index (κ2) is 6.73. The molecule has 0 unspecified atom stereocenters. The van der Waals surface area contributed by atoms with Gasteiger partial charge in [0, 0.05) is 16.3 Å². The number of carbonyl (C=O) groups excluding carboxylic acids is 1. The molecule has 0 fully saturated rings. The van der Waals surface area contributed by atoms with Crippen LogP contribution in [-0.4, -0.2) is 10.5 Å². The van der Waals surface area contributed by atoms with E-state index in [0.717, 1.165) is 25.1 Å². The molecule has 2 aromatic carbocycles. The number of aromatic nitrogens is 2. The van der Waals surface area contributed by atoms with Crippen LogP contribution < -0.4 is 9.88 Å². The molecular formula is C20H19ClN3O+. The van der Waals surface area contributed by atoms with E-state index >= 15 is 0 Å².